The van der Waals surface area contributed by atoms with Crippen molar-refractivity contribution in [3.63, 3.8) is 0 Å². The van der Waals surface area contributed by atoms with Gasteiger partial charge in [0.1, 0.15) is 0 Å². The molecule has 1 saturated heterocycles. The fourth-order valence-corrected chi connectivity index (χ4v) is 4.16. The summed E-state index contributed by atoms with van der Waals surface area (Å²) in [5, 5.41) is 0.507. The largest absolute Gasteiger partial charge is 0.396 e. The van der Waals surface area contributed by atoms with E-state index in [9.17, 15) is 9.59 Å². The summed E-state index contributed by atoms with van der Waals surface area (Å²) in [4.78, 5) is 37.7. The number of aromatic nitrogens is 2. The fraction of sp³-hybridized carbons (Fsp3) is 0.364. The molecule has 2 N–H and O–H groups in total. The molecule has 1 aliphatic carbocycles. The Morgan fingerprint density at radius 1 is 1.17 bits per heavy atom. The number of benzene rings is 1. The first-order chi connectivity index (χ1) is 14.4. The van der Waals surface area contributed by atoms with Crippen LogP contribution in [0.4, 0.5) is 5.69 Å². The van der Waals surface area contributed by atoms with Gasteiger partial charge in [0.25, 0.3) is 0 Å². The minimum atomic E-state index is -0.333. The highest BCUT2D eigenvalue weighted by Gasteiger charge is 2.41. The highest BCUT2D eigenvalue weighted by Crippen LogP contribution is 2.37. The molecule has 0 radical (unpaired) electrons. The smallest absolute Gasteiger partial charge is 0.246 e. The van der Waals surface area contributed by atoms with Crippen molar-refractivity contribution in [2.75, 3.05) is 18.8 Å². The van der Waals surface area contributed by atoms with Crippen molar-refractivity contribution in [2.24, 2.45) is 5.92 Å². The van der Waals surface area contributed by atoms with Crippen LogP contribution in [0.15, 0.2) is 43.2 Å². The van der Waals surface area contributed by atoms with Gasteiger partial charge < -0.3 is 15.5 Å². The summed E-state index contributed by atoms with van der Waals surface area (Å²) >= 11 is 6.42. The van der Waals surface area contributed by atoms with E-state index in [-0.39, 0.29) is 29.8 Å². The van der Waals surface area contributed by atoms with Crippen molar-refractivity contribution in [3.05, 3.63) is 53.8 Å². The van der Waals surface area contributed by atoms with Crippen molar-refractivity contribution in [1.82, 2.24) is 19.8 Å². The lowest BCUT2D eigenvalue weighted by Crippen LogP contribution is -2.56. The maximum Gasteiger partial charge on any atom is 0.246 e. The second kappa shape index (κ2) is 8.07. The maximum absolute atomic E-state index is 12.8. The molecule has 1 aromatic heterocycles. The predicted octanol–water partition coefficient (Wildman–Crippen LogP) is 3.08. The lowest BCUT2D eigenvalue weighted by atomic mass is 9.97. The Morgan fingerprint density at radius 3 is 2.50 bits per heavy atom. The van der Waals surface area contributed by atoms with Crippen LogP contribution >= 0.6 is 11.6 Å². The van der Waals surface area contributed by atoms with Gasteiger partial charge in [0.2, 0.25) is 11.8 Å². The van der Waals surface area contributed by atoms with Gasteiger partial charge >= 0.3 is 0 Å². The average molecular weight is 426 g/mol. The van der Waals surface area contributed by atoms with Crippen molar-refractivity contribution in [3.8, 4) is 11.4 Å². The number of hydrogen-bond donors (Lipinski definition) is 1. The Hall–Kier alpha value is -2.93. The molecule has 2 aromatic rings. The Kier molecular flexibility index (Phi) is 5.47. The molecular formula is C22H24ClN5O2. The van der Waals surface area contributed by atoms with Gasteiger partial charge in [-0.3, -0.25) is 9.59 Å². The second-order valence-electron chi connectivity index (χ2n) is 7.94. The molecule has 1 saturated carbocycles. The lowest BCUT2D eigenvalue weighted by molar-refractivity contribution is -0.145. The molecule has 2 heterocycles. The summed E-state index contributed by atoms with van der Waals surface area (Å²) in [6, 6.07) is 5.13. The Bertz CT molecular complexity index is 990. The topological polar surface area (TPSA) is 92.4 Å². The quantitative estimate of drug-likeness (QED) is 0.760. The Labute approximate surface area is 180 Å². The standard InChI is InChI=1S/C22H24ClN5O2/c1-3-20(29)28-11-13(2)27(22(30)14-4-5-14)12-19(28)15-6-16(8-17(23)7-15)21-25-9-18(24)10-26-21/h3,6-10,13-14,19H,1,4-5,11-12,24H2,2H3/t13-,19-/m1/s1. The predicted molar refractivity (Wildman–Crippen MR) is 115 cm³/mol. The van der Waals surface area contributed by atoms with E-state index in [0.29, 0.717) is 29.6 Å². The number of nitrogens with zero attached hydrogens (tertiary/aromatic N) is 4. The van der Waals surface area contributed by atoms with Gasteiger partial charge in [-0.25, -0.2) is 9.97 Å². The summed E-state index contributed by atoms with van der Waals surface area (Å²) in [5.41, 5.74) is 7.72. The molecule has 8 heteroatoms. The van der Waals surface area contributed by atoms with Crippen molar-refractivity contribution < 1.29 is 9.59 Å². The Balaban J connectivity index is 1.72. The second-order valence-corrected chi connectivity index (χ2v) is 8.37. The van der Waals surface area contributed by atoms with Crippen LogP contribution in [-0.4, -0.2) is 50.7 Å². The number of piperazine rings is 1. The zero-order chi connectivity index (χ0) is 21.4. The number of nitrogens with two attached hydrogens (primary N) is 1. The van der Waals surface area contributed by atoms with Gasteiger partial charge in [-0.2, -0.15) is 0 Å². The molecule has 2 atom stereocenters. The molecule has 30 heavy (non-hydrogen) atoms. The van der Waals surface area contributed by atoms with Gasteiger partial charge in [-0.05, 0) is 49.6 Å². The van der Waals surface area contributed by atoms with Crippen LogP contribution in [0.5, 0.6) is 0 Å². The van der Waals surface area contributed by atoms with Crippen molar-refractivity contribution in [2.45, 2.75) is 31.8 Å². The first kappa shape index (κ1) is 20.3. The van der Waals surface area contributed by atoms with Crippen molar-refractivity contribution in [1.29, 1.82) is 0 Å². The summed E-state index contributed by atoms with van der Waals surface area (Å²) in [6.45, 7) is 6.47. The normalized spacial score (nSPS) is 21.4. The SMILES string of the molecule is C=CC(=O)N1C[C@@H](C)N(C(=O)C2CC2)C[C@@H]1c1cc(Cl)cc(-c2ncc(N)cn2)c1. The van der Waals surface area contributed by atoms with E-state index < -0.39 is 0 Å². The summed E-state index contributed by atoms with van der Waals surface area (Å²) < 4.78 is 0. The molecule has 7 nitrogen and oxygen atoms in total. The van der Waals surface area contributed by atoms with E-state index in [2.05, 4.69) is 16.5 Å². The van der Waals surface area contributed by atoms with E-state index in [1.807, 2.05) is 24.0 Å². The fourth-order valence-electron chi connectivity index (χ4n) is 3.91. The van der Waals surface area contributed by atoms with Gasteiger partial charge in [0.15, 0.2) is 5.82 Å². The number of rotatable bonds is 4. The molecule has 0 bridgehead atoms. The Morgan fingerprint density at radius 2 is 1.87 bits per heavy atom. The number of nitrogen functional groups attached to an aromatic ring is 1. The minimum absolute atomic E-state index is 0.0580. The van der Waals surface area contributed by atoms with E-state index in [4.69, 9.17) is 17.3 Å². The molecule has 2 fully saturated rings. The number of hydrogen-bond acceptors (Lipinski definition) is 5. The minimum Gasteiger partial charge on any atom is -0.396 e. The lowest BCUT2D eigenvalue weighted by Gasteiger charge is -2.45. The van der Waals surface area contributed by atoms with Crippen LogP contribution in [0.2, 0.25) is 5.02 Å². The third kappa shape index (κ3) is 4.03. The molecule has 0 spiro atoms. The van der Waals surface area contributed by atoms with E-state index in [1.54, 1.807) is 11.0 Å². The molecular weight excluding hydrogens is 402 g/mol. The van der Waals surface area contributed by atoms with E-state index in [1.165, 1.54) is 18.5 Å². The molecule has 156 valence electrons. The van der Waals surface area contributed by atoms with E-state index in [0.717, 1.165) is 24.0 Å². The van der Waals surface area contributed by atoms with Crippen LogP contribution in [-0.2, 0) is 9.59 Å². The van der Waals surface area contributed by atoms with Crippen LogP contribution < -0.4 is 5.73 Å². The molecule has 2 amide bonds. The van der Waals surface area contributed by atoms with Crippen LogP contribution in [0.1, 0.15) is 31.4 Å². The van der Waals surface area contributed by atoms with Crippen LogP contribution in [0.25, 0.3) is 11.4 Å². The molecule has 1 aliphatic heterocycles. The van der Waals surface area contributed by atoms with Gasteiger partial charge in [0, 0.05) is 35.6 Å². The summed E-state index contributed by atoms with van der Waals surface area (Å²) in [7, 11) is 0. The van der Waals surface area contributed by atoms with Gasteiger partial charge in [-0.15, -0.1) is 0 Å². The van der Waals surface area contributed by atoms with Crippen LogP contribution in [0, 0.1) is 5.92 Å². The highest BCUT2D eigenvalue weighted by atomic mass is 35.5. The van der Waals surface area contributed by atoms with Gasteiger partial charge in [0.05, 0.1) is 24.1 Å². The number of anilines is 1. The third-order valence-corrected chi connectivity index (χ3v) is 5.86. The number of amides is 2. The first-order valence-electron chi connectivity index (χ1n) is 9.99. The van der Waals surface area contributed by atoms with Crippen LogP contribution in [0.3, 0.4) is 0 Å². The average Bonchev–Trinajstić information content (AvgIpc) is 3.58. The van der Waals surface area contributed by atoms with Gasteiger partial charge in [-0.1, -0.05) is 18.2 Å². The monoisotopic (exact) mass is 425 g/mol. The molecule has 4 rings (SSSR count). The number of halogens is 1. The molecule has 2 aliphatic rings. The zero-order valence-corrected chi connectivity index (χ0v) is 17.5. The first-order valence-corrected chi connectivity index (χ1v) is 10.4. The molecule has 0 unspecified atom stereocenters. The van der Waals surface area contributed by atoms with Crippen molar-refractivity contribution >= 4 is 29.1 Å². The highest BCUT2D eigenvalue weighted by molar-refractivity contribution is 6.31. The number of carbonyl (C=O) groups is 2. The zero-order valence-electron chi connectivity index (χ0n) is 16.8. The number of carbonyl (C=O) groups excluding carboxylic acids is 2. The summed E-state index contributed by atoms with van der Waals surface area (Å²) in [5.74, 6) is 0.607. The maximum atomic E-state index is 12.8. The summed E-state index contributed by atoms with van der Waals surface area (Å²) in [6.07, 6.45) is 6.27. The third-order valence-electron chi connectivity index (χ3n) is 5.64. The van der Waals surface area contributed by atoms with E-state index >= 15 is 0 Å². The molecule has 1 aromatic carbocycles.